The number of amides is 1. The average Bonchev–Trinajstić information content (AvgIpc) is 3.05. The molecule has 6 nitrogen and oxygen atoms in total. The van der Waals surface area contributed by atoms with Gasteiger partial charge in [0.05, 0.1) is 0 Å². The number of benzene rings is 1. The van der Waals surface area contributed by atoms with Gasteiger partial charge < -0.3 is 20.3 Å². The number of aliphatic imine (C=N–C) groups is 1. The zero-order valence-electron chi connectivity index (χ0n) is 17.2. The van der Waals surface area contributed by atoms with Gasteiger partial charge >= 0.3 is 0 Å². The number of nitrogens with zero attached hydrogens (tertiary/aromatic N) is 2. The first-order valence-electron chi connectivity index (χ1n) is 9.98. The number of guanidine groups is 1. The van der Waals surface area contributed by atoms with E-state index in [1.54, 1.807) is 14.2 Å². The third-order valence-corrected chi connectivity index (χ3v) is 4.91. The van der Waals surface area contributed by atoms with Crippen molar-refractivity contribution in [2.24, 2.45) is 10.9 Å². The third kappa shape index (κ3) is 9.23. The summed E-state index contributed by atoms with van der Waals surface area (Å²) in [5.74, 6) is 1.42. The monoisotopic (exact) mass is 502 g/mol. The molecule has 1 aromatic carbocycles. The van der Waals surface area contributed by atoms with Crippen LogP contribution in [0.5, 0.6) is 0 Å². The molecule has 1 fully saturated rings. The maximum atomic E-state index is 12.3. The van der Waals surface area contributed by atoms with E-state index in [0.29, 0.717) is 12.3 Å². The molecule has 0 saturated carbocycles. The van der Waals surface area contributed by atoms with Gasteiger partial charge in [-0.25, -0.2) is 0 Å². The van der Waals surface area contributed by atoms with Crippen LogP contribution in [0.4, 0.5) is 0 Å². The highest BCUT2D eigenvalue weighted by Gasteiger charge is 2.29. The highest BCUT2D eigenvalue weighted by Crippen LogP contribution is 2.17. The van der Waals surface area contributed by atoms with Gasteiger partial charge in [-0.15, -0.1) is 24.0 Å². The average molecular weight is 502 g/mol. The van der Waals surface area contributed by atoms with E-state index in [0.717, 1.165) is 64.4 Å². The normalized spacial score (nSPS) is 16.8. The molecule has 1 aromatic rings. The summed E-state index contributed by atoms with van der Waals surface area (Å²) >= 11 is 0. The fraction of sp³-hybridized carbons (Fsp3) is 0.619. The van der Waals surface area contributed by atoms with E-state index in [4.69, 9.17) is 4.74 Å². The van der Waals surface area contributed by atoms with Crippen LogP contribution in [0.15, 0.2) is 35.3 Å². The molecular weight excluding hydrogens is 467 g/mol. The molecule has 0 spiro atoms. The molecule has 28 heavy (non-hydrogen) atoms. The van der Waals surface area contributed by atoms with Crippen LogP contribution in [0.3, 0.4) is 0 Å². The van der Waals surface area contributed by atoms with Crippen molar-refractivity contribution in [3.8, 4) is 0 Å². The Kier molecular flexibility index (Phi) is 12.9. The Morgan fingerprint density at radius 3 is 2.71 bits per heavy atom. The minimum atomic E-state index is 0. The van der Waals surface area contributed by atoms with Gasteiger partial charge in [-0.05, 0) is 31.2 Å². The molecule has 0 radical (unpaired) electrons. The number of ether oxygens (including phenoxy) is 1. The van der Waals surface area contributed by atoms with Crippen LogP contribution >= 0.6 is 24.0 Å². The highest BCUT2D eigenvalue weighted by atomic mass is 127. The number of likely N-dealkylation sites (tertiary alicyclic amines) is 1. The summed E-state index contributed by atoms with van der Waals surface area (Å²) in [6.07, 6.45) is 4.87. The van der Waals surface area contributed by atoms with Gasteiger partial charge in [-0.3, -0.25) is 9.79 Å². The first-order chi connectivity index (χ1) is 13.2. The maximum absolute atomic E-state index is 12.3. The number of halogens is 1. The molecule has 0 aliphatic carbocycles. The summed E-state index contributed by atoms with van der Waals surface area (Å²) in [4.78, 5) is 18.5. The fourth-order valence-corrected chi connectivity index (χ4v) is 3.33. The van der Waals surface area contributed by atoms with Crippen molar-refractivity contribution in [1.29, 1.82) is 0 Å². The van der Waals surface area contributed by atoms with Crippen molar-refractivity contribution in [3.05, 3.63) is 35.9 Å². The molecule has 0 bridgehead atoms. The molecule has 0 aromatic heterocycles. The molecule has 1 aliphatic rings. The SMILES string of the molecule is CN=C(NCCCCCOC)NCC1CC(=O)N(CCc2ccccc2)C1.I. The lowest BCUT2D eigenvalue weighted by Crippen LogP contribution is -2.40. The van der Waals surface area contributed by atoms with Crippen LogP contribution in [-0.4, -0.2) is 63.7 Å². The van der Waals surface area contributed by atoms with E-state index in [1.807, 2.05) is 23.1 Å². The highest BCUT2D eigenvalue weighted by molar-refractivity contribution is 14.0. The van der Waals surface area contributed by atoms with Gasteiger partial charge in [0.15, 0.2) is 5.96 Å². The van der Waals surface area contributed by atoms with Gasteiger partial charge in [-0.1, -0.05) is 30.3 Å². The zero-order valence-corrected chi connectivity index (χ0v) is 19.5. The van der Waals surface area contributed by atoms with E-state index >= 15 is 0 Å². The van der Waals surface area contributed by atoms with Crippen molar-refractivity contribution < 1.29 is 9.53 Å². The van der Waals surface area contributed by atoms with Crippen molar-refractivity contribution in [2.45, 2.75) is 32.1 Å². The van der Waals surface area contributed by atoms with Crippen LogP contribution in [0.25, 0.3) is 0 Å². The minimum absolute atomic E-state index is 0. The summed E-state index contributed by atoms with van der Waals surface area (Å²) in [6, 6.07) is 10.3. The largest absolute Gasteiger partial charge is 0.385 e. The summed E-state index contributed by atoms with van der Waals surface area (Å²) in [5, 5.41) is 6.70. The van der Waals surface area contributed by atoms with Gasteiger partial charge in [0, 0.05) is 59.3 Å². The molecule has 2 N–H and O–H groups in total. The smallest absolute Gasteiger partial charge is 0.223 e. The summed E-state index contributed by atoms with van der Waals surface area (Å²) < 4.78 is 5.06. The zero-order chi connectivity index (χ0) is 19.3. The van der Waals surface area contributed by atoms with E-state index in [2.05, 4.69) is 27.8 Å². The summed E-state index contributed by atoms with van der Waals surface area (Å²) in [6.45, 7) is 4.12. The lowest BCUT2D eigenvalue weighted by molar-refractivity contribution is -0.127. The number of rotatable bonds is 11. The molecule has 158 valence electrons. The number of carbonyl (C=O) groups is 1. The summed E-state index contributed by atoms with van der Waals surface area (Å²) in [5.41, 5.74) is 1.28. The number of hydrogen-bond acceptors (Lipinski definition) is 3. The van der Waals surface area contributed by atoms with E-state index < -0.39 is 0 Å². The second kappa shape index (κ2) is 14.6. The van der Waals surface area contributed by atoms with Crippen molar-refractivity contribution in [2.75, 3.05) is 46.9 Å². The van der Waals surface area contributed by atoms with Gasteiger partial charge in [0.2, 0.25) is 5.91 Å². The molecule has 1 atom stereocenters. The van der Waals surface area contributed by atoms with Crippen molar-refractivity contribution >= 4 is 35.8 Å². The molecule has 1 unspecified atom stereocenters. The number of nitrogens with one attached hydrogen (secondary N) is 2. The predicted octanol–water partition coefficient (Wildman–Crippen LogP) is 2.68. The molecule has 1 heterocycles. The predicted molar refractivity (Wildman–Crippen MR) is 125 cm³/mol. The second-order valence-corrected chi connectivity index (χ2v) is 7.08. The topological polar surface area (TPSA) is 66.0 Å². The Morgan fingerprint density at radius 2 is 2.00 bits per heavy atom. The Morgan fingerprint density at radius 1 is 1.21 bits per heavy atom. The third-order valence-electron chi connectivity index (χ3n) is 4.91. The molecule has 1 saturated heterocycles. The molecule has 7 heteroatoms. The quantitative estimate of drug-likeness (QED) is 0.212. The van der Waals surface area contributed by atoms with Gasteiger partial charge in [-0.2, -0.15) is 0 Å². The fourth-order valence-electron chi connectivity index (χ4n) is 3.33. The maximum Gasteiger partial charge on any atom is 0.223 e. The van der Waals surface area contributed by atoms with Crippen LogP contribution < -0.4 is 10.6 Å². The number of hydrogen-bond donors (Lipinski definition) is 2. The number of unbranched alkanes of at least 4 members (excludes halogenated alkanes) is 2. The number of methoxy groups -OCH3 is 1. The lowest BCUT2D eigenvalue weighted by atomic mass is 10.1. The minimum Gasteiger partial charge on any atom is -0.385 e. The van der Waals surface area contributed by atoms with E-state index in [9.17, 15) is 4.79 Å². The first kappa shape index (κ1) is 24.7. The first-order valence-corrected chi connectivity index (χ1v) is 9.98. The Balaban J connectivity index is 0.00000392. The molecular formula is C21H35IN4O2. The van der Waals surface area contributed by atoms with Crippen molar-refractivity contribution in [3.63, 3.8) is 0 Å². The van der Waals surface area contributed by atoms with Crippen molar-refractivity contribution in [1.82, 2.24) is 15.5 Å². The Labute approximate surface area is 186 Å². The molecule has 1 aliphatic heterocycles. The van der Waals surface area contributed by atoms with Crippen LogP contribution in [0.1, 0.15) is 31.2 Å². The summed E-state index contributed by atoms with van der Waals surface area (Å²) in [7, 11) is 3.52. The van der Waals surface area contributed by atoms with Gasteiger partial charge in [0.1, 0.15) is 0 Å². The van der Waals surface area contributed by atoms with Crippen LogP contribution in [0, 0.1) is 5.92 Å². The second-order valence-electron chi connectivity index (χ2n) is 7.08. The number of carbonyl (C=O) groups excluding carboxylic acids is 1. The molecule has 2 rings (SSSR count). The Hall–Kier alpha value is -1.35. The van der Waals surface area contributed by atoms with E-state index in [1.165, 1.54) is 5.56 Å². The van der Waals surface area contributed by atoms with Crippen LogP contribution in [0.2, 0.25) is 0 Å². The van der Waals surface area contributed by atoms with Gasteiger partial charge in [0.25, 0.3) is 0 Å². The Bertz CT molecular complexity index is 583. The lowest BCUT2D eigenvalue weighted by Gasteiger charge is -2.18. The van der Waals surface area contributed by atoms with Crippen LogP contribution in [-0.2, 0) is 16.0 Å². The van der Waals surface area contributed by atoms with E-state index in [-0.39, 0.29) is 29.9 Å². The standard InChI is InChI=1S/C21H34N4O2.HI/c1-22-21(23-12-7-4-8-14-27-2)24-16-19-15-20(26)25(17-19)13-11-18-9-5-3-6-10-18;/h3,5-6,9-10,19H,4,7-8,11-17H2,1-2H3,(H2,22,23,24);1H. The molecule has 1 amide bonds.